The number of hydrogen-bond donors (Lipinski definition) is 0. The van der Waals surface area contributed by atoms with Gasteiger partial charge in [0.1, 0.15) is 0 Å². The molecular formula is C11H14NO. The Kier molecular flexibility index (Phi) is 4.03. The van der Waals surface area contributed by atoms with Gasteiger partial charge in [-0.1, -0.05) is 18.2 Å². The van der Waals surface area contributed by atoms with Crippen molar-refractivity contribution in [1.29, 1.82) is 0 Å². The van der Waals surface area contributed by atoms with Crippen molar-refractivity contribution in [3.63, 3.8) is 0 Å². The van der Waals surface area contributed by atoms with Crippen LogP contribution < -0.4 is 4.90 Å². The van der Waals surface area contributed by atoms with E-state index in [0.717, 1.165) is 13.0 Å². The lowest BCUT2D eigenvalue weighted by molar-refractivity contribution is 0.548. The minimum Gasteiger partial charge on any atom is -0.375 e. The van der Waals surface area contributed by atoms with Crippen molar-refractivity contribution >= 4 is 12.0 Å². The number of unbranched alkanes of at least 4 members (excludes halogenated alkanes) is 1. The van der Waals surface area contributed by atoms with Crippen LogP contribution in [-0.4, -0.2) is 19.9 Å². The summed E-state index contributed by atoms with van der Waals surface area (Å²) < 4.78 is 0. The van der Waals surface area contributed by atoms with E-state index in [1.807, 2.05) is 31.5 Å². The molecular weight excluding hydrogens is 162 g/mol. The van der Waals surface area contributed by atoms with E-state index in [0.29, 0.717) is 6.42 Å². The van der Waals surface area contributed by atoms with Gasteiger partial charge in [-0.05, 0) is 18.6 Å². The Labute approximate surface area is 79.2 Å². The summed E-state index contributed by atoms with van der Waals surface area (Å²) in [6.45, 7) is 0.902. The summed E-state index contributed by atoms with van der Waals surface area (Å²) in [6.07, 6.45) is 3.29. The molecule has 0 bridgehead atoms. The van der Waals surface area contributed by atoms with Crippen molar-refractivity contribution in [3.8, 4) is 0 Å². The first-order chi connectivity index (χ1) is 6.34. The van der Waals surface area contributed by atoms with Gasteiger partial charge in [-0.25, -0.2) is 0 Å². The van der Waals surface area contributed by atoms with Crippen LogP contribution in [0.15, 0.2) is 30.3 Å². The minimum absolute atomic E-state index is 0.525. The highest BCUT2D eigenvalue weighted by Gasteiger charge is 1.97. The van der Waals surface area contributed by atoms with Crippen LogP contribution in [-0.2, 0) is 4.79 Å². The third-order valence-corrected chi connectivity index (χ3v) is 1.97. The fourth-order valence-electron chi connectivity index (χ4n) is 1.20. The van der Waals surface area contributed by atoms with E-state index >= 15 is 0 Å². The van der Waals surface area contributed by atoms with E-state index in [2.05, 4.69) is 17.0 Å². The lowest BCUT2D eigenvalue weighted by atomic mass is 10.2. The molecule has 13 heavy (non-hydrogen) atoms. The summed E-state index contributed by atoms with van der Waals surface area (Å²) in [5, 5.41) is 0. The molecule has 1 aromatic rings. The van der Waals surface area contributed by atoms with E-state index < -0.39 is 0 Å². The monoisotopic (exact) mass is 176 g/mol. The molecule has 0 amide bonds. The molecule has 0 saturated heterocycles. The van der Waals surface area contributed by atoms with Crippen LogP contribution in [0.2, 0.25) is 0 Å². The molecule has 0 spiro atoms. The maximum absolute atomic E-state index is 9.98. The zero-order valence-electron chi connectivity index (χ0n) is 7.86. The van der Waals surface area contributed by atoms with E-state index in [4.69, 9.17) is 0 Å². The highest BCUT2D eigenvalue weighted by Crippen LogP contribution is 2.10. The Morgan fingerprint density at radius 3 is 2.62 bits per heavy atom. The van der Waals surface area contributed by atoms with Crippen molar-refractivity contribution in [2.45, 2.75) is 12.8 Å². The maximum Gasteiger partial charge on any atom is 0.198 e. The number of carbonyl (C=O) groups excluding carboxylic acids is 1. The van der Waals surface area contributed by atoms with Crippen molar-refractivity contribution in [2.24, 2.45) is 0 Å². The fourth-order valence-corrected chi connectivity index (χ4v) is 1.20. The van der Waals surface area contributed by atoms with Crippen molar-refractivity contribution in [3.05, 3.63) is 30.3 Å². The molecule has 2 nitrogen and oxygen atoms in total. The molecule has 0 saturated carbocycles. The van der Waals surface area contributed by atoms with Crippen LogP contribution in [0.3, 0.4) is 0 Å². The van der Waals surface area contributed by atoms with Crippen LogP contribution in [0.1, 0.15) is 12.8 Å². The zero-order valence-corrected chi connectivity index (χ0v) is 7.86. The molecule has 0 atom stereocenters. The molecule has 0 aliphatic carbocycles. The Balaban J connectivity index is 2.39. The summed E-state index contributed by atoms with van der Waals surface area (Å²) in [6, 6.07) is 10.1. The molecule has 0 N–H and O–H groups in total. The first kappa shape index (κ1) is 9.78. The van der Waals surface area contributed by atoms with E-state index in [1.165, 1.54) is 5.69 Å². The summed E-state index contributed by atoms with van der Waals surface area (Å²) in [4.78, 5) is 12.1. The van der Waals surface area contributed by atoms with Crippen LogP contribution >= 0.6 is 0 Å². The van der Waals surface area contributed by atoms with E-state index in [9.17, 15) is 4.79 Å². The predicted octanol–water partition coefficient (Wildman–Crippen LogP) is 2.01. The molecule has 1 aromatic carbocycles. The normalized spacial score (nSPS) is 9.62. The molecule has 0 fully saturated rings. The summed E-state index contributed by atoms with van der Waals surface area (Å²) in [7, 11) is 2.03. The van der Waals surface area contributed by atoms with Gasteiger partial charge in [-0.15, -0.1) is 0 Å². The second-order valence-electron chi connectivity index (χ2n) is 3.00. The Morgan fingerprint density at radius 2 is 2.00 bits per heavy atom. The van der Waals surface area contributed by atoms with E-state index in [-0.39, 0.29) is 0 Å². The standard InChI is InChI=1S/C11H14NO/c1-12(9-5-6-10-13)11-7-3-2-4-8-11/h2-4,7-8H,5-6,9H2,1H3. The summed E-state index contributed by atoms with van der Waals surface area (Å²) in [5.74, 6) is 0. The molecule has 2 heteroatoms. The highest BCUT2D eigenvalue weighted by atomic mass is 16.1. The van der Waals surface area contributed by atoms with Gasteiger partial charge in [0.15, 0.2) is 6.29 Å². The smallest absolute Gasteiger partial charge is 0.198 e. The Bertz CT molecular complexity index is 246. The average molecular weight is 176 g/mol. The third-order valence-electron chi connectivity index (χ3n) is 1.97. The average Bonchev–Trinajstić information content (AvgIpc) is 2.19. The van der Waals surface area contributed by atoms with Gasteiger partial charge in [-0.3, -0.25) is 4.79 Å². The van der Waals surface area contributed by atoms with Crippen molar-refractivity contribution in [2.75, 3.05) is 18.5 Å². The summed E-state index contributed by atoms with van der Waals surface area (Å²) >= 11 is 0. The predicted molar refractivity (Wildman–Crippen MR) is 54.6 cm³/mol. The van der Waals surface area contributed by atoms with Gasteiger partial charge in [0, 0.05) is 25.7 Å². The van der Waals surface area contributed by atoms with Gasteiger partial charge < -0.3 is 4.90 Å². The Morgan fingerprint density at radius 1 is 1.31 bits per heavy atom. The van der Waals surface area contributed by atoms with Crippen molar-refractivity contribution < 1.29 is 4.79 Å². The lowest BCUT2D eigenvalue weighted by Gasteiger charge is -2.18. The molecule has 0 heterocycles. The SMILES string of the molecule is CN(CCC[C]=O)c1ccccc1. The van der Waals surface area contributed by atoms with Gasteiger partial charge in [0.2, 0.25) is 0 Å². The summed E-state index contributed by atoms with van der Waals surface area (Å²) in [5.41, 5.74) is 1.19. The molecule has 0 aliphatic rings. The van der Waals surface area contributed by atoms with Crippen LogP contribution in [0.25, 0.3) is 0 Å². The van der Waals surface area contributed by atoms with Gasteiger partial charge in [0.25, 0.3) is 0 Å². The quantitative estimate of drug-likeness (QED) is 0.640. The van der Waals surface area contributed by atoms with E-state index in [1.54, 1.807) is 0 Å². The molecule has 1 radical (unpaired) electrons. The van der Waals surface area contributed by atoms with Crippen molar-refractivity contribution in [1.82, 2.24) is 0 Å². The molecule has 69 valence electrons. The molecule has 0 aromatic heterocycles. The molecule has 1 rings (SSSR count). The minimum atomic E-state index is 0.525. The zero-order chi connectivity index (χ0) is 9.52. The Hall–Kier alpha value is -1.31. The number of benzene rings is 1. The van der Waals surface area contributed by atoms with Gasteiger partial charge in [0.05, 0.1) is 0 Å². The maximum atomic E-state index is 9.98. The highest BCUT2D eigenvalue weighted by molar-refractivity contribution is 5.50. The number of para-hydroxylation sites is 1. The molecule has 0 aliphatic heterocycles. The number of rotatable bonds is 5. The number of anilines is 1. The fraction of sp³-hybridized carbons (Fsp3) is 0.364. The lowest BCUT2D eigenvalue weighted by Crippen LogP contribution is -2.18. The first-order valence-corrected chi connectivity index (χ1v) is 4.46. The first-order valence-electron chi connectivity index (χ1n) is 4.46. The van der Waals surface area contributed by atoms with Crippen LogP contribution in [0.5, 0.6) is 0 Å². The van der Waals surface area contributed by atoms with Crippen LogP contribution in [0.4, 0.5) is 5.69 Å². The largest absolute Gasteiger partial charge is 0.375 e. The number of nitrogens with zero attached hydrogens (tertiary/aromatic N) is 1. The van der Waals surface area contributed by atoms with Crippen LogP contribution in [0, 0.1) is 0 Å². The second kappa shape index (κ2) is 5.36. The second-order valence-corrected chi connectivity index (χ2v) is 3.00. The van der Waals surface area contributed by atoms with Gasteiger partial charge in [-0.2, -0.15) is 0 Å². The molecule has 0 unspecified atom stereocenters. The van der Waals surface area contributed by atoms with Gasteiger partial charge >= 0.3 is 0 Å². The topological polar surface area (TPSA) is 20.3 Å². The number of hydrogen-bond acceptors (Lipinski definition) is 2. The third kappa shape index (κ3) is 3.28.